The summed E-state index contributed by atoms with van der Waals surface area (Å²) in [6.07, 6.45) is -4.67. The smallest absolute Gasteiger partial charge is 0.416 e. The zero-order valence-electron chi connectivity index (χ0n) is 21.7. The Hall–Kier alpha value is -4.43. The van der Waals surface area contributed by atoms with Crippen LogP contribution in [0.2, 0.25) is 0 Å². The molecule has 4 aromatic rings. The lowest BCUT2D eigenvalue weighted by Gasteiger charge is -2.29. The van der Waals surface area contributed by atoms with E-state index in [2.05, 4.69) is 10.3 Å². The Morgan fingerprint density at radius 2 is 1.70 bits per heavy atom. The highest BCUT2D eigenvalue weighted by molar-refractivity contribution is 8.00. The monoisotopic (exact) mass is 629 g/mol. The number of rotatable bonds is 6. The fourth-order valence-electron chi connectivity index (χ4n) is 5.10. The van der Waals surface area contributed by atoms with Crippen LogP contribution in [0.15, 0.2) is 82.6 Å². The zero-order chi connectivity index (χ0) is 30.5. The summed E-state index contributed by atoms with van der Waals surface area (Å²) in [5.41, 5.74) is -0.207. The van der Waals surface area contributed by atoms with E-state index < -0.39 is 52.4 Å². The van der Waals surface area contributed by atoms with E-state index >= 15 is 0 Å². The van der Waals surface area contributed by atoms with E-state index in [1.165, 1.54) is 30.3 Å². The van der Waals surface area contributed by atoms with E-state index in [1.54, 1.807) is 24.3 Å². The lowest BCUT2D eigenvalue weighted by Crippen LogP contribution is -2.32. The molecule has 1 aromatic heterocycles. The number of hydrogen-bond acceptors (Lipinski definition) is 7. The molecule has 0 radical (unpaired) electrons. The van der Waals surface area contributed by atoms with Gasteiger partial charge in [0.2, 0.25) is 11.8 Å². The first-order chi connectivity index (χ1) is 20.5. The van der Waals surface area contributed by atoms with Crippen LogP contribution in [0, 0.1) is 11.7 Å². The topological polar surface area (TPSA) is 109 Å². The van der Waals surface area contributed by atoms with Gasteiger partial charge in [-0.3, -0.25) is 19.2 Å². The van der Waals surface area contributed by atoms with Crippen molar-refractivity contribution in [2.24, 2.45) is 5.92 Å². The molecule has 1 fully saturated rings. The third-order valence-electron chi connectivity index (χ3n) is 6.99. The maximum absolute atomic E-state index is 13.8. The van der Waals surface area contributed by atoms with Gasteiger partial charge in [0.25, 0.3) is 5.91 Å². The maximum Gasteiger partial charge on any atom is 0.416 e. The minimum atomic E-state index is -4.67. The normalized spacial score (nSPS) is 19.6. The predicted octanol–water partition coefficient (Wildman–Crippen LogP) is 5.41. The Morgan fingerprint density at radius 3 is 2.40 bits per heavy atom. The first kappa shape index (κ1) is 28.7. The van der Waals surface area contributed by atoms with Crippen LogP contribution in [0.5, 0.6) is 5.75 Å². The number of nitrogens with zero attached hydrogens (tertiary/aromatic N) is 1. The summed E-state index contributed by atoms with van der Waals surface area (Å²) in [6.45, 7) is -0.343. The fraction of sp³-hybridized carbons (Fsp3) is 0.172. The van der Waals surface area contributed by atoms with Crippen molar-refractivity contribution in [2.45, 2.75) is 22.4 Å². The van der Waals surface area contributed by atoms with Crippen LogP contribution < -0.4 is 19.8 Å². The van der Waals surface area contributed by atoms with Gasteiger partial charge in [0.05, 0.1) is 22.2 Å². The Balaban J connectivity index is 1.25. The number of thiazole rings is 1. The molecule has 6 rings (SSSR count). The number of nitrogens with one attached hydrogen (secondary N) is 2. The van der Waals surface area contributed by atoms with E-state index in [0.29, 0.717) is 26.9 Å². The van der Waals surface area contributed by atoms with E-state index in [0.717, 1.165) is 46.2 Å². The Labute approximate surface area is 248 Å². The molecule has 8 nitrogen and oxygen atoms in total. The number of ether oxygens (including phenoxy) is 1. The van der Waals surface area contributed by atoms with Gasteiger partial charge in [-0.05, 0) is 60.2 Å². The third kappa shape index (κ3) is 5.55. The van der Waals surface area contributed by atoms with Crippen LogP contribution >= 0.6 is 23.1 Å². The average molecular weight is 630 g/mol. The number of amides is 3. The second kappa shape index (κ2) is 11.0. The lowest BCUT2D eigenvalue weighted by atomic mass is 9.83. The van der Waals surface area contributed by atoms with E-state index in [9.17, 15) is 36.7 Å². The molecule has 2 aliphatic heterocycles. The van der Waals surface area contributed by atoms with Gasteiger partial charge in [-0.1, -0.05) is 41.3 Å². The maximum atomic E-state index is 13.8. The molecular formula is C29H19F4N3O5S2. The molecule has 0 bridgehead atoms. The number of imide groups is 1. The van der Waals surface area contributed by atoms with E-state index in [4.69, 9.17) is 4.74 Å². The first-order valence-corrected chi connectivity index (χ1v) is 14.4. The van der Waals surface area contributed by atoms with E-state index in [1.807, 2.05) is 0 Å². The molecule has 0 saturated carbocycles. The van der Waals surface area contributed by atoms with Crippen molar-refractivity contribution in [3.63, 3.8) is 0 Å². The second-order valence-electron chi connectivity index (χ2n) is 9.72. The predicted molar refractivity (Wildman–Crippen MR) is 151 cm³/mol. The SMILES string of the molecule is O=C(COc1ccc([C@@H]2c3sc(=O)[nH]c3S[C@H]3C(=O)N(c4cccc(C(F)(F)F)c4)C(=O)[C@@H]23)cc1)Nc1ccc(F)cc1. The van der Waals surface area contributed by atoms with Crippen molar-refractivity contribution < 1.29 is 36.7 Å². The molecule has 0 aliphatic carbocycles. The molecule has 3 heterocycles. The quantitative estimate of drug-likeness (QED) is 0.218. The molecule has 3 amide bonds. The zero-order valence-corrected chi connectivity index (χ0v) is 23.3. The molecular weight excluding hydrogens is 610 g/mol. The highest BCUT2D eigenvalue weighted by Crippen LogP contribution is 2.53. The summed E-state index contributed by atoms with van der Waals surface area (Å²) in [4.78, 5) is 55.4. The summed E-state index contributed by atoms with van der Waals surface area (Å²) in [5.74, 6) is -3.67. The highest BCUT2D eigenvalue weighted by atomic mass is 32.2. The number of carbonyl (C=O) groups excluding carboxylic acids is 3. The number of fused-ring (bicyclic) bond motifs is 2. The standard InChI is InChI=1S/C29H19F4N3O5S2/c30-16-6-8-17(9-7-16)34-20(37)13-41-19-10-4-14(5-11-19)21-22-24(42-25-23(21)43-28(40)35-25)27(39)36(26(22)38)18-3-1-2-15(12-18)29(31,32)33/h1-12,21-22,24H,13H2,(H,34,37)(H,35,40)/t21-,22-,24+/m0/s1. The van der Waals surface area contributed by atoms with Crippen LogP contribution in [0.25, 0.3) is 0 Å². The number of alkyl halides is 3. The Bertz CT molecular complexity index is 1790. The second-order valence-corrected chi connectivity index (χ2v) is 11.9. The van der Waals surface area contributed by atoms with Crippen LogP contribution in [-0.2, 0) is 20.6 Å². The van der Waals surface area contributed by atoms with Crippen LogP contribution in [0.1, 0.15) is 21.9 Å². The summed E-state index contributed by atoms with van der Waals surface area (Å²) >= 11 is 1.91. The van der Waals surface area contributed by atoms with Crippen molar-refractivity contribution in [1.29, 1.82) is 0 Å². The van der Waals surface area contributed by atoms with Gasteiger partial charge in [-0.2, -0.15) is 13.2 Å². The van der Waals surface area contributed by atoms with E-state index in [-0.39, 0.29) is 17.2 Å². The minimum absolute atomic E-state index is 0.182. The molecule has 1 saturated heterocycles. The fourth-order valence-corrected chi connectivity index (χ4v) is 7.62. The summed E-state index contributed by atoms with van der Waals surface area (Å²) < 4.78 is 58.8. The summed E-state index contributed by atoms with van der Waals surface area (Å²) in [5, 5.41) is 2.02. The molecule has 3 atom stereocenters. The van der Waals surface area contributed by atoms with Crippen molar-refractivity contribution in [3.05, 3.63) is 104 Å². The number of aromatic amines is 1. The molecule has 14 heteroatoms. The van der Waals surface area contributed by atoms with Gasteiger partial charge in [0.15, 0.2) is 6.61 Å². The van der Waals surface area contributed by atoms with Crippen LogP contribution in [-0.4, -0.2) is 34.6 Å². The molecule has 0 spiro atoms. The van der Waals surface area contributed by atoms with Gasteiger partial charge in [0, 0.05) is 16.5 Å². The molecule has 3 aromatic carbocycles. The van der Waals surface area contributed by atoms with Gasteiger partial charge in [-0.15, -0.1) is 0 Å². The average Bonchev–Trinajstić information content (AvgIpc) is 3.47. The summed E-state index contributed by atoms with van der Waals surface area (Å²) in [7, 11) is 0. The lowest BCUT2D eigenvalue weighted by molar-refractivity contribution is -0.137. The number of aromatic nitrogens is 1. The Kier molecular flexibility index (Phi) is 7.34. The summed E-state index contributed by atoms with van der Waals surface area (Å²) in [6, 6.07) is 15.7. The number of halogens is 4. The Morgan fingerprint density at radius 1 is 0.977 bits per heavy atom. The first-order valence-electron chi connectivity index (χ1n) is 12.7. The largest absolute Gasteiger partial charge is 0.484 e. The molecule has 2 N–H and O–H groups in total. The van der Waals surface area contributed by atoms with Crippen molar-refractivity contribution >= 4 is 52.2 Å². The van der Waals surface area contributed by atoms with Gasteiger partial charge < -0.3 is 15.0 Å². The number of thioether (sulfide) groups is 1. The van der Waals surface area contributed by atoms with Crippen molar-refractivity contribution in [1.82, 2.24) is 4.98 Å². The van der Waals surface area contributed by atoms with Gasteiger partial charge in [0.1, 0.15) is 16.8 Å². The van der Waals surface area contributed by atoms with Gasteiger partial charge in [-0.25, -0.2) is 9.29 Å². The number of benzene rings is 3. The molecule has 220 valence electrons. The van der Waals surface area contributed by atoms with Gasteiger partial charge >= 0.3 is 11.0 Å². The van der Waals surface area contributed by atoms with Crippen molar-refractivity contribution in [3.8, 4) is 5.75 Å². The highest BCUT2D eigenvalue weighted by Gasteiger charge is 2.56. The number of carbonyl (C=O) groups is 3. The van der Waals surface area contributed by atoms with Crippen molar-refractivity contribution in [2.75, 3.05) is 16.8 Å². The van der Waals surface area contributed by atoms with Crippen LogP contribution in [0.3, 0.4) is 0 Å². The number of hydrogen-bond donors (Lipinski definition) is 2. The third-order valence-corrected chi connectivity index (χ3v) is 9.39. The minimum Gasteiger partial charge on any atom is -0.484 e. The molecule has 43 heavy (non-hydrogen) atoms. The molecule has 0 unspecified atom stereocenters. The van der Waals surface area contributed by atoms with Crippen LogP contribution in [0.4, 0.5) is 28.9 Å². The molecule has 2 aliphatic rings. The number of H-pyrrole nitrogens is 1. The number of anilines is 2.